The number of hydrogen-bond donors (Lipinski definition) is 1. The van der Waals surface area contributed by atoms with Gasteiger partial charge in [-0.05, 0) is 49.2 Å². The molecular weight excluding hydrogens is 270 g/mol. The van der Waals surface area contributed by atoms with Gasteiger partial charge in [0.25, 0.3) is 0 Å². The molecule has 2 rings (SSSR count). The van der Waals surface area contributed by atoms with Crippen LogP contribution in [0.15, 0.2) is 42.5 Å². The molecule has 20 heavy (non-hydrogen) atoms. The van der Waals surface area contributed by atoms with Crippen LogP contribution >= 0.6 is 11.6 Å². The minimum Gasteiger partial charge on any atom is -0.456 e. The van der Waals surface area contributed by atoms with E-state index in [1.54, 1.807) is 0 Å². The van der Waals surface area contributed by atoms with E-state index in [-0.39, 0.29) is 0 Å². The van der Waals surface area contributed by atoms with E-state index in [9.17, 15) is 0 Å². The number of aryl methyl sites for hydroxylation is 1. The third-order valence-electron chi connectivity index (χ3n) is 3.07. The molecule has 0 amide bonds. The Balaban J connectivity index is 2.08. The second-order valence-corrected chi connectivity index (χ2v) is 5.22. The zero-order valence-electron chi connectivity index (χ0n) is 11.9. The molecule has 0 saturated heterocycles. The van der Waals surface area contributed by atoms with Gasteiger partial charge in [-0.2, -0.15) is 0 Å². The summed E-state index contributed by atoms with van der Waals surface area (Å²) in [5, 5.41) is 4.00. The molecule has 0 fully saturated rings. The van der Waals surface area contributed by atoms with Crippen LogP contribution in [-0.2, 0) is 6.54 Å². The molecule has 1 N–H and O–H groups in total. The normalized spacial score (nSPS) is 10.6. The van der Waals surface area contributed by atoms with Crippen LogP contribution in [0, 0.1) is 6.92 Å². The second kappa shape index (κ2) is 7.32. The molecule has 3 heteroatoms. The van der Waals surface area contributed by atoms with Crippen molar-refractivity contribution in [2.24, 2.45) is 0 Å². The van der Waals surface area contributed by atoms with E-state index in [1.165, 1.54) is 5.56 Å². The first-order chi connectivity index (χ1) is 9.70. The Labute approximate surface area is 125 Å². The summed E-state index contributed by atoms with van der Waals surface area (Å²) in [7, 11) is 0. The molecule has 0 aliphatic rings. The largest absolute Gasteiger partial charge is 0.456 e. The average Bonchev–Trinajstić information content (AvgIpc) is 2.44. The van der Waals surface area contributed by atoms with Crippen molar-refractivity contribution in [1.82, 2.24) is 5.32 Å². The van der Waals surface area contributed by atoms with Crippen LogP contribution in [0.4, 0.5) is 0 Å². The summed E-state index contributed by atoms with van der Waals surface area (Å²) in [5.74, 6) is 1.53. The highest BCUT2D eigenvalue weighted by Crippen LogP contribution is 2.31. The maximum Gasteiger partial charge on any atom is 0.146 e. The van der Waals surface area contributed by atoms with Gasteiger partial charge in [-0.25, -0.2) is 0 Å². The molecular formula is C17H20ClNO. The summed E-state index contributed by atoms with van der Waals surface area (Å²) in [6, 6.07) is 13.8. The number of hydrogen-bond acceptors (Lipinski definition) is 2. The van der Waals surface area contributed by atoms with Crippen molar-refractivity contribution in [2.45, 2.75) is 26.8 Å². The van der Waals surface area contributed by atoms with Crippen molar-refractivity contribution < 1.29 is 4.74 Å². The maximum atomic E-state index is 6.29. The molecule has 0 bridgehead atoms. The van der Waals surface area contributed by atoms with Crippen LogP contribution in [0.5, 0.6) is 11.5 Å². The quantitative estimate of drug-likeness (QED) is 0.761. The lowest BCUT2D eigenvalue weighted by Crippen LogP contribution is -2.13. The molecule has 0 saturated carbocycles. The van der Waals surface area contributed by atoms with E-state index in [1.807, 2.05) is 49.4 Å². The van der Waals surface area contributed by atoms with Crippen molar-refractivity contribution in [3.05, 3.63) is 58.6 Å². The number of para-hydroxylation sites is 1. The summed E-state index contributed by atoms with van der Waals surface area (Å²) < 4.78 is 5.87. The summed E-state index contributed by atoms with van der Waals surface area (Å²) in [5.41, 5.74) is 2.26. The van der Waals surface area contributed by atoms with E-state index >= 15 is 0 Å². The molecule has 0 aliphatic carbocycles. The van der Waals surface area contributed by atoms with Crippen LogP contribution in [0.2, 0.25) is 5.02 Å². The number of ether oxygens (including phenoxy) is 1. The number of rotatable bonds is 6. The zero-order chi connectivity index (χ0) is 14.4. The number of halogens is 1. The van der Waals surface area contributed by atoms with Crippen molar-refractivity contribution >= 4 is 11.6 Å². The van der Waals surface area contributed by atoms with Gasteiger partial charge in [0.15, 0.2) is 0 Å². The Morgan fingerprint density at radius 3 is 2.60 bits per heavy atom. The summed E-state index contributed by atoms with van der Waals surface area (Å²) >= 11 is 6.29. The first kappa shape index (κ1) is 14.9. The number of benzene rings is 2. The minimum atomic E-state index is 0.643. The molecule has 106 valence electrons. The van der Waals surface area contributed by atoms with Crippen LogP contribution < -0.4 is 10.1 Å². The lowest BCUT2D eigenvalue weighted by molar-refractivity contribution is 0.479. The predicted molar refractivity (Wildman–Crippen MR) is 84.7 cm³/mol. The van der Waals surface area contributed by atoms with E-state index < -0.39 is 0 Å². The Morgan fingerprint density at radius 2 is 1.90 bits per heavy atom. The van der Waals surface area contributed by atoms with Crippen molar-refractivity contribution in [3.63, 3.8) is 0 Å². The van der Waals surface area contributed by atoms with E-state index in [0.717, 1.165) is 30.8 Å². The second-order valence-electron chi connectivity index (χ2n) is 4.81. The predicted octanol–water partition coefficient (Wildman–Crippen LogP) is 4.94. The maximum absolute atomic E-state index is 6.29. The lowest BCUT2D eigenvalue weighted by atomic mass is 10.2. The van der Waals surface area contributed by atoms with Gasteiger partial charge >= 0.3 is 0 Å². The van der Waals surface area contributed by atoms with Crippen LogP contribution in [-0.4, -0.2) is 6.54 Å². The average molecular weight is 290 g/mol. The monoisotopic (exact) mass is 289 g/mol. The van der Waals surface area contributed by atoms with Gasteiger partial charge < -0.3 is 10.1 Å². The first-order valence-corrected chi connectivity index (χ1v) is 7.31. The Kier molecular flexibility index (Phi) is 5.45. The number of nitrogens with one attached hydrogen (secondary N) is 1. The van der Waals surface area contributed by atoms with Crippen molar-refractivity contribution in [3.8, 4) is 11.5 Å². The smallest absolute Gasteiger partial charge is 0.146 e. The highest BCUT2D eigenvalue weighted by atomic mass is 35.5. The van der Waals surface area contributed by atoms with Gasteiger partial charge in [-0.1, -0.05) is 42.8 Å². The molecule has 0 spiro atoms. The van der Waals surface area contributed by atoms with Gasteiger partial charge in [0.1, 0.15) is 11.5 Å². The van der Waals surface area contributed by atoms with Gasteiger partial charge in [0.05, 0.1) is 5.02 Å². The van der Waals surface area contributed by atoms with Gasteiger partial charge in [0.2, 0.25) is 0 Å². The van der Waals surface area contributed by atoms with Gasteiger partial charge in [-0.15, -0.1) is 0 Å². The van der Waals surface area contributed by atoms with E-state index in [2.05, 4.69) is 12.2 Å². The van der Waals surface area contributed by atoms with Crippen molar-refractivity contribution in [2.75, 3.05) is 6.54 Å². The fourth-order valence-corrected chi connectivity index (χ4v) is 2.18. The topological polar surface area (TPSA) is 21.3 Å². The summed E-state index contributed by atoms with van der Waals surface area (Å²) in [6.07, 6.45) is 1.13. The Bertz CT molecular complexity index is 569. The summed E-state index contributed by atoms with van der Waals surface area (Å²) in [4.78, 5) is 0. The molecule has 0 aromatic heterocycles. The molecule has 2 aromatic rings. The molecule has 0 heterocycles. The third kappa shape index (κ3) is 3.99. The van der Waals surface area contributed by atoms with Crippen LogP contribution in [0.3, 0.4) is 0 Å². The summed E-state index contributed by atoms with van der Waals surface area (Å²) in [6.45, 7) is 6.02. The molecule has 0 atom stereocenters. The standard InChI is InChI=1S/C17H20ClNO/c1-3-10-19-12-14-8-9-17(15(18)11-14)20-16-7-5-4-6-13(16)2/h4-9,11,19H,3,10,12H2,1-2H3. The molecule has 2 nitrogen and oxygen atoms in total. The van der Waals surface area contributed by atoms with Crippen LogP contribution in [0.25, 0.3) is 0 Å². The fourth-order valence-electron chi connectivity index (χ4n) is 1.94. The Morgan fingerprint density at radius 1 is 1.10 bits per heavy atom. The van der Waals surface area contributed by atoms with Gasteiger partial charge in [-0.3, -0.25) is 0 Å². The molecule has 0 unspecified atom stereocenters. The molecule has 0 aliphatic heterocycles. The van der Waals surface area contributed by atoms with Gasteiger partial charge in [0, 0.05) is 6.54 Å². The first-order valence-electron chi connectivity index (χ1n) is 6.93. The molecule has 2 aromatic carbocycles. The zero-order valence-corrected chi connectivity index (χ0v) is 12.7. The van der Waals surface area contributed by atoms with E-state index in [0.29, 0.717) is 10.8 Å². The fraction of sp³-hybridized carbons (Fsp3) is 0.294. The highest BCUT2D eigenvalue weighted by Gasteiger charge is 2.06. The minimum absolute atomic E-state index is 0.643. The van der Waals surface area contributed by atoms with Crippen molar-refractivity contribution in [1.29, 1.82) is 0 Å². The third-order valence-corrected chi connectivity index (χ3v) is 3.36. The Hall–Kier alpha value is -1.51. The van der Waals surface area contributed by atoms with E-state index in [4.69, 9.17) is 16.3 Å². The van der Waals surface area contributed by atoms with Crippen LogP contribution in [0.1, 0.15) is 24.5 Å². The lowest BCUT2D eigenvalue weighted by Gasteiger charge is -2.11. The SMILES string of the molecule is CCCNCc1ccc(Oc2ccccc2C)c(Cl)c1. The highest BCUT2D eigenvalue weighted by molar-refractivity contribution is 6.32. The molecule has 0 radical (unpaired) electrons.